The van der Waals surface area contributed by atoms with Gasteiger partial charge in [0.2, 0.25) is 0 Å². The number of thiophene rings is 1. The predicted octanol–water partition coefficient (Wildman–Crippen LogP) is 5.25. The highest BCUT2D eigenvalue weighted by atomic mass is 32.1. The molecule has 0 spiro atoms. The molecule has 4 rings (SSSR count). The summed E-state index contributed by atoms with van der Waals surface area (Å²) >= 11 is 1.45. The van der Waals surface area contributed by atoms with Crippen LogP contribution in [-0.2, 0) is 16.1 Å². The molecule has 7 heteroatoms. The minimum Gasteiger partial charge on any atom is -0.507 e. The number of amides is 1. The van der Waals surface area contributed by atoms with Crippen LogP contribution in [0.5, 0.6) is 5.75 Å². The lowest BCUT2D eigenvalue weighted by Crippen LogP contribution is -2.28. The average Bonchev–Trinajstić information content (AvgIpc) is 3.42. The van der Waals surface area contributed by atoms with Gasteiger partial charge in [0.25, 0.3) is 11.7 Å². The fraction of sp³-hybridized carbons (Fsp3) is 0.269. The van der Waals surface area contributed by atoms with Gasteiger partial charge in [0.1, 0.15) is 11.5 Å². The van der Waals surface area contributed by atoms with Gasteiger partial charge in [-0.15, -0.1) is 11.3 Å². The van der Waals surface area contributed by atoms with E-state index in [1.54, 1.807) is 30.6 Å². The summed E-state index contributed by atoms with van der Waals surface area (Å²) in [5, 5.41) is 13.2. The number of rotatable bonds is 8. The van der Waals surface area contributed by atoms with Crippen LogP contribution in [0, 0.1) is 6.92 Å². The third kappa shape index (κ3) is 4.68. The monoisotopic (exact) mass is 462 g/mol. The van der Waals surface area contributed by atoms with E-state index >= 15 is 0 Å². The van der Waals surface area contributed by atoms with Crippen LogP contribution in [0.1, 0.15) is 47.4 Å². The number of benzene rings is 1. The summed E-state index contributed by atoms with van der Waals surface area (Å²) < 4.78 is 5.76. The molecule has 0 unspecified atom stereocenters. The van der Waals surface area contributed by atoms with Crippen molar-refractivity contribution in [3.63, 3.8) is 0 Å². The number of unbranched alkanes of at least 4 members (excludes halogenated alkanes) is 1. The van der Waals surface area contributed by atoms with Crippen LogP contribution >= 0.6 is 11.3 Å². The molecule has 3 aromatic rings. The van der Waals surface area contributed by atoms with Crippen molar-refractivity contribution in [2.45, 2.75) is 39.3 Å². The first kappa shape index (κ1) is 22.7. The minimum atomic E-state index is -0.683. The summed E-state index contributed by atoms with van der Waals surface area (Å²) in [4.78, 5) is 32.6. The van der Waals surface area contributed by atoms with E-state index in [0.717, 1.165) is 28.8 Å². The fourth-order valence-corrected chi connectivity index (χ4v) is 4.79. The summed E-state index contributed by atoms with van der Waals surface area (Å²) in [5.74, 6) is -0.768. The zero-order chi connectivity index (χ0) is 23.4. The van der Waals surface area contributed by atoms with E-state index in [1.807, 2.05) is 36.6 Å². The van der Waals surface area contributed by atoms with Crippen LogP contribution in [0.25, 0.3) is 5.76 Å². The third-order valence-corrected chi connectivity index (χ3v) is 6.57. The van der Waals surface area contributed by atoms with Gasteiger partial charge in [-0.05, 0) is 60.2 Å². The first-order valence-electron chi connectivity index (χ1n) is 11.0. The van der Waals surface area contributed by atoms with Gasteiger partial charge in [-0.25, -0.2) is 0 Å². The molecule has 170 valence electrons. The number of ether oxygens (including phenoxy) is 1. The number of aromatic nitrogens is 1. The molecule has 33 heavy (non-hydrogen) atoms. The highest BCUT2D eigenvalue weighted by molar-refractivity contribution is 7.10. The second kappa shape index (κ2) is 10.0. The topological polar surface area (TPSA) is 79.7 Å². The van der Waals surface area contributed by atoms with Crippen molar-refractivity contribution in [1.29, 1.82) is 0 Å². The number of likely N-dealkylation sites (tertiary alicyclic amines) is 1. The maximum atomic E-state index is 13.1. The molecule has 3 heterocycles. The normalized spacial score (nSPS) is 17.5. The van der Waals surface area contributed by atoms with Gasteiger partial charge in [-0.2, -0.15) is 0 Å². The largest absolute Gasteiger partial charge is 0.507 e. The molecule has 1 atom stereocenters. The smallest absolute Gasteiger partial charge is 0.295 e. The van der Waals surface area contributed by atoms with Crippen LogP contribution in [0.4, 0.5) is 0 Å². The number of ketones is 1. The maximum Gasteiger partial charge on any atom is 0.295 e. The Balaban J connectivity index is 1.74. The van der Waals surface area contributed by atoms with Crippen LogP contribution in [0.2, 0.25) is 0 Å². The van der Waals surface area contributed by atoms with Gasteiger partial charge < -0.3 is 14.7 Å². The third-order valence-electron chi connectivity index (χ3n) is 5.65. The Morgan fingerprint density at radius 3 is 2.73 bits per heavy atom. The number of nitrogens with zero attached hydrogens (tertiary/aromatic N) is 2. The molecule has 1 aliphatic rings. The molecule has 1 aliphatic heterocycles. The fourth-order valence-electron chi connectivity index (χ4n) is 3.95. The van der Waals surface area contributed by atoms with Gasteiger partial charge in [-0.1, -0.05) is 25.5 Å². The highest BCUT2D eigenvalue weighted by Crippen LogP contribution is 2.42. The number of carbonyl (C=O) groups excluding carboxylic acids is 2. The molecule has 0 saturated carbocycles. The van der Waals surface area contributed by atoms with E-state index in [4.69, 9.17) is 4.74 Å². The zero-order valence-corrected chi connectivity index (χ0v) is 19.5. The quantitative estimate of drug-likeness (QED) is 0.214. The van der Waals surface area contributed by atoms with Crippen LogP contribution in [-0.4, -0.2) is 33.3 Å². The number of aryl methyl sites for hydroxylation is 1. The molecule has 1 fully saturated rings. The van der Waals surface area contributed by atoms with E-state index in [0.29, 0.717) is 17.9 Å². The Bertz CT molecular complexity index is 1170. The van der Waals surface area contributed by atoms with E-state index < -0.39 is 17.7 Å². The molecular weight excluding hydrogens is 436 g/mol. The molecule has 1 amide bonds. The molecule has 2 aromatic heterocycles. The zero-order valence-electron chi connectivity index (χ0n) is 18.7. The summed E-state index contributed by atoms with van der Waals surface area (Å²) in [6, 6.07) is 12.1. The second-order valence-corrected chi connectivity index (χ2v) is 8.96. The Hall–Kier alpha value is -3.45. The van der Waals surface area contributed by atoms with Crippen molar-refractivity contribution in [3.8, 4) is 5.75 Å². The molecular formula is C26H26N2O4S. The van der Waals surface area contributed by atoms with Crippen molar-refractivity contribution >= 4 is 28.8 Å². The Morgan fingerprint density at radius 1 is 1.21 bits per heavy atom. The maximum absolute atomic E-state index is 13.1. The Morgan fingerprint density at radius 2 is 2.06 bits per heavy atom. The number of pyridine rings is 1. The summed E-state index contributed by atoms with van der Waals surface area (Å²) in [6.45, 7) is 4.80. The van der Waals surface area contributed by atoms with Crippen molar-refractivity contribution < 1.29 is 19.4 Å². The van der Waals surface area contributed by atoms with E-state index in [1.165, 1.54) is 16.2 Å². The molecule has 6 nitrogen and oxygen atoms in total. The van der Waals surface area contributed by atoms with Gasteiger partial charge in [-0.3, -0.25) is 14.6 Å². The first-order valence-corrected chi connectivity index (χ1v) is 11.8. The number of hydrogen-bond acceptors (Lipinski definition) is 6. The van der Waals surface area contributed by atoms with Crippen LogP contribution < -0.4 is 4.74 Å². The van der Waals surface area contributed by atoms with Crippen molar-refractivity contribution in [2.75, 3.05) is 6.61 Å². The minimum absolute atomic E-state index is 0.106. The van der Waals surface area contributed by atoms with Crippen LogP contribution in [0.15, 0.2) is 65.8 Å². The van der Waals surface area contributed by atoms with E-state index in [9.17, 15) is 14.7 Å². The molecule has 0 radical (unpaired) electrons. The number of hydrogen-bond donors (Lipinski definition) is 1. The second-order valence-electron chi connectivity index (χ2n) is 7.98. The van der Waals surface area contributed by atoms with Gasteiger partial charge in [0, 0.05) is 29.4 Å². The molecule has 1 saturated heterocycles. The standard InChI is InChI=1S/C26H26N2O4S/c1-3-4-12-32-19-9-10-20(17(2)14-19)24(29)22-23(21-8-6-13-33-21)28(26(31)25(22)30)16-18-7-5-11-27-15-18/h5-11,13-15,23,29H,3-4,12,16H2,1-2H3/t23-/m1/s1. The van der Waals surface area contributed by atoms with Crippen LogP contribution in [0.3, 0.4) is 0 Å². The molecule has 0 aliphatic carbocycles. The van der Waals surface area contributed by atoms with Gasteiger partial charge in [0.15, 0.2) is 0 Å². The number of aliphatic hydroxyl groups excluding tert-OH is 1. The van der Waals surface area contributed by atoms with E-state index in [-0.39, 0.29) is 17.9 Å². The number of aliphatic hydroxyl groups is 1. The summed E-state index contributed by atoms with van der Waals surface area (Å²) in [5.41, 5.74) is 2.20. The lowest BCUT2D eigenvalue weighted by Gasteiger charge is -2.24. The first-order chi connectivity index (χ1) is 16.0. The highest BCUT2D eigenvalue weighted by Gasteiger charge is 2.46. The summed E-state index contributed by atoms with van der Waals surface area (Å²) in [6.07, 6.45) is 5.33. The average molecular weight is 463 g/mol. The predicted molar refractivity (Wildman–Crippen MR) is 128 cm³/mol. The van der Waals surface area contributed by atoms with Gasteiger partial charge >= 0.3 is 0 Å². The lowest BCUT2D eigenvalue weighted by molar-refractivity contribution is -0.140. The van der Waals surface area contributed by atoms with Crippen molar-refractivity contribution in [3.05, 3.63) is 87.4 Å². The number of Topliss-reactive ketones (excluding diaryl/α,β-unsaturated/α-hetero) is 1. The molecule has 0 bridgehead atoms. The lowest BCUT2D eigenvalue weighted by atomic mass is 9.97. The number of carbonyl (C=O) groups is 2. The molecule has 1 N–H and O–H groups in total. The van der Waals surface area contributed by atoms with E-state index in [2.05, 4.69) is 11.9 Å². The Kier molecular flexibility index (Phi) is 6.89. The Labute approximate surface area is 197 Å². The summed E-state index contributed by atoms with van der Waals surface area (Å²) in [7, 11) is 0. The van der Waals surface area contributed by atoms with Crippen molar-refractivity contribution in [1.82, 2.24) is 9.88 Å². The van der Waals surface area contributed by atoms with Crippen molar-refractivity contribution in [2.24, 2.45) is 0 Å². The SMILES string of the molecule is CCCCOc1ccc(C(O)=C2C(=O)C(=O)N(Cc3cccnc3)[C@@H]2c2cccs2)c(C)c1. The van der Waals surface area contributed by atoms with Gasteiger partial charge in [0.05, 0.1) is 18.2 Å². The molecule has 1 aromatic carbocycles.